The summed E-state index contributed by atoms with van der Waals surface area (Å²) in [6.45, 7) is 7.07. The van der Waals surface area contributed by atoms with Gasteiger partial charge in [-0.15, -0.1) is 0 Å². The van der Waals surface area contributed by atoms with E-state index in [1.807, 2.05) is 18.2 Å². The molecule has 0 aliphatic rings. The van der Waals surface area contributed by atoms with Crippen LogP contribution < -0.4 is 0 Å². The van der Waals surface area contributed by atoms with E-state index in [9.17, 15) is 4.79 Å². The lowest BCUT2D eigenvalue weighted by Crippen LogP contribution is -1.69. The molecule has 0 atom stereocenters. The maximum Gasteiger partial charge on any atom is 0.126 e. The zero-order valence-electron chi connectivity index (χ0n) is 9.45. The lowest BCUT2D eigenvalue weighted by Gasteiger charge is -1.82. The Morgan fingerprint density at radius 2 is 1.50 bits per heavy atom. The molecular formula is C12H20O2. The minimum Gasteiger partial charge on any atom is -0.397 e. The Morgan fingerprint density at radius 3 is 1.64 bits per heavy atom. The third-order valence-electron chi connectivity index (χ3n) is 0.940. The van der Waals surface area contributed by atoms with Gasteiger partial charge in [0, 0.05) is 6.61 Å². The van der Waals surface area contributed by atoms with Crippen LogP contribution >= 0.6 is 0 Å². The fraction of sp³-hybridized carbons (Fsp3) is 0.417. The minimum absolute atomic E-state index is 0.167. The fourth-order valence-corrected chi connectivity index (χ4v) is 0.534. The number of hydrogen-bond acceptors (Lipinski definition) is 2. The number of aryl methyl sites for hydroxylation is 1. The van der Waals surface area contributed by atoms with Gasteiger partial charge in [-0.25, -0.2) is 0 Å². The van der Waals surface area contributed by atoms with Crippen molar-refractivity contribution in [1.29, 1.82) is 0 Å². The highest BCUT2D eigenvalue weighted by molar-refractivity contribution is 5.72. The molecular weight excluding hydrogens is 176 g/mol. The Kier molecular flexibility index (Phi) is 13.0. The number of carbonyl (C=O) groups excluding carboxylic acids is 1. The summed E-state index contributed by atoms with van der Waals surface area (Å²) in [6.07, 6.45) is 0. The van der Waals surface area contributed by atoms with Gasteiger partial charge in [0.1, 0.15) is 5.78 Å². The third-order valence-corrected chi connectivity index (χ3v) is 0.940. The monoisotopic (exact) mass is 196 g/mol. The number of aliphatic hydroxyl groups excluding tert-OH is 1. The number of hydrogen-bond donors (Lipinski definition) is 1. The van der Waals surface area contributed by atoms with Gasteiger partial charge in [-0.05, 0) is 27.7 Å². The Balaban J connectivity index is 0. The number of ketones is 1. The number of carbonyl (C=O) groups is 1. The molecule has 14 heavy (non-hydrogen) atoms. The van der Waals surface area contributed by atoms with Crippen LogP contribution in [0.2, 0.25) is 0 Å². The Hall–Kier alpha value is -1.15. The van der Waals surface area contributed by atoms with E-state index in [4.69, 9.17) is 5.11 Å². The van der Waals surface area contributed by atoms with E-state index in [0.717, 1.165) is 0 Å². The largest absolute Gasteiger partial charge is 0.397 e. The van der Waals surface area contributed by atoms with Gasteiger partial charge in [0.05, 0.1) is 0 Å². The van der Waals surface area contributed by atoms with Crippen LogP contribution in [-0.2, 0) is 4.79 Å². The molecule has 0 fully saturated rings. The minimum atomic E-state index is 0.167. The van der Waals surface area contributed by atoms with Gasteiger partial charge in [0.25, 0.3) is 0 Å². The molecule has 0 aliphatic carbocycles. The van der Waals surface area contributed by atoms with Crippen LogP contribution in [0.15, 0.2) is 30.3 Å². The first-order valence-corrected chi connectivity index (χ1v) is 4.64. The Morgan fingerprint density at radius 1 is 1.21 bits per heavy atom. The lowest BCUT2D eigenvalue weighted by molar-refractivity contribution is -0.114. The maximum absolute atomic E-state index is 9.44. The molecule has 1 aromatic rings. The first-order chi connectivity index (χ1) is 6.54. The van der Waals surface area contributed by atoms with Crippen LogP contribution in [0.5, 0.6) is 0 Å². The lowest BCUT2D eigenvalue weighted by atomic mass is 10.2. The summed E-state index contributed by atoms with van der Waals surface area (Å²) in [6, 6.07) is 10.3. The van der Waals surface area contributed by atoms with Crippen LogP contribution in [0.25, 0.3) is 0 Å². The van der Waals surface area contributed by atoms with Crippen molar-refractivity contribution in [3.05, 3.63) is 35.9 Å². The first-order valence-electron chi connectivity index (χ1n) is 4.64. The van der Waals surface area contributed by atoms with Gasteiger partial charge in [0.15, 0.2) is 0 Å². The van der Waals surface area contributed by atoms with E-state index >= 15 is 0 Å². The average molecular weight is 196 g/mol. The number of rotatable bonds is 0. The molecule has 0 aliphatic heterocycles. The second kappa shape index (κ2) is 11.8. The van der Waals surface area contributed by atoms with Gasteiger partial charge in [-0.1, -0.05) is 35.9 Å². The summed E-state index contributed by atoms with van der Waals surface area (Å²) in [7, 11) is 0. The second-order valence-electron chi connectivity index (χ2n) is 2.88. The van der Waals surface area contributed by atoms with Crippen molar-refractivity contribution >= 4 is 5.78 Å². The van der Waals surface area contributed by atoms with Crippen molar-refractivity contribution in [1.82, 2.24) is 0 Å². The first kappa shape index (κ1) is 15.3. The number of benzene rings is 1. The van der Waals surface area contributed by atoms with Gasteiger partial charge < -0.3 is 9.90 Å². The molecule has 0 unspecified atom stereocenters. The quantitative estimate of drug-likeness (QED) is 0.692. The normalized spacial score (nSPS) is 7.50. The predicted octanol–water partition coefficient (Wildman–Crippen LogP) is 2.59. The van der Waals surface area contributed by atoms with Crippen LogP contribution in [0.1, 0.15) is 26.3 Å². The van der Waals surface area contributed by atoms with Gasteiger partial charge in [-0.2, -0.15) is 0 Å². The standard InChI is InChI=1S/C7H8.C3H6O.C2H6O/c1-7-5-3-2-4-6-7;1-3(2)4;1-2-3/h2-6H,1H3;1-2H3;3H,2H2,1H3. The van der Waals surface area contributed by atoms with E-state index < -0.39 is 0 Å². The SMILES string of the molecule is CC(C)=O.CCO.Cc1ccccc1. The van der Waals surface area contributed by atoms with Crippen molar-refractivity contribution in [3.8, 4) is 0 Å². The predicted molar refractivity (Wildman–Crippen MR) is 60.3 cm³/mol. The maximum atomic E-state index is 9.44. The zero-order chi connectivity index (χ0) is 11.4. The van der Waals surface area contributed by atoms with Gasteiger partial charge in [-0.3, -0.25) is 0 Å². The number of Topliss-reactive ketones (excluding diaryl/α,β-unsaturated/α-hetero) is 1. The zero-order valence-corrected chi connectivity index (χ0v) is 9.45. The molecule has 2 nitrogen and oxygen atoms in total. The molecule has 0 amide bonds. The van der Waals surface area contributed by atoms with Gasteiger partial charge >= 0.3 is 0 Å². The summed E-state index contributed by atoms with van der Waals surface area (Å²) in [5.41, 5.74) is 1.32. The van der Waals surface area contributed by atoms with Crippen molar-refractivity contribution in [3.63, 3.8) is 0 Å². The summed E-state index contributed by atoms with van der Waals surface area (Å²) in [5, 5.41) is 7.57. The molecule has 1 aromatic carbocycles. The van der Waals surface area contributed by atoms with Crippen LogP contribution in [-0.4, -0.2) is 17.5 Å². The summed E-state index contributed by atoms with van der Waals surface area (Å²) < 4.78 is 0. The molecule has 80 valence electrons. The van der Waals surface area contributed by atoms with Crippen LogP contribution in [0.4, 0.5) is 0 Å². The van der Waals surface area contributed by atoms with Gasteiger partial charge in [0.2, 0.25) is 0 Å². The van der Waals surface area contributed by atoms with E-state index in [0.29, 0.717) is 0 Å². The molecule has 0 radical (unpaired) electrons. The molecule has 0 saturated carbocycles. The van der Waals surface area contributed by atoms with E-state index in [-0.39, 0.29) is 12.4 Å². The van der Waals surface area contributed by atoms with Crippen molar-refractivity contribution in [2.45, 2.75) is 27.7 Å². The summed E-state index contributed by atoms with van der Waals surface area (Å²) in [4.78, 5) is 9.44. The molecule has 2 heteroatoms. The van der Waals surface area contributed by atoms with E-state index in [1.54, 1.807) is 6.92 Å². The fourth-order valence-electron chi connectivity index (χ4n) is 0.534. The Bertz CT molecular complexity index is 213. The van der Waals surface area contributed by atoms with Crippen LogP contribution in [0.3, 0.4) is 0 Å². The molecule has 1 rings (SSSR count). The topological polar surface area (TPSA) is 37.3 Å². The smallest absolute Gasteiger partial charge is 0.126 e. The highest BCUT2D eigenvalue weighted by Gasteiger charge is 1.72. The molecule has 0 spiro atoms. The molecule has 0 aromatic heterocycles. The molecule has 0 heterocycles. The summed E-state index contributed by atoms with van der Waals surface area (Å²) >= 11 is 0. The second-order valence-corrected chi connectivity index (χ2v) is 2.88. The summed E-state index contributed by atoms with van der Waals surface area (Å²) in [5.74, 6) is 0.167. The molecule has 0 bridgehead atoms. The van der Waals surface area contributed by atoms with Crippen molar-refractivity contribution in [2.24, 2.45) is 0 Å². The van der Waals surface area contributed by atoms with E-state index in [1.165, 1.54) is 19.4 Å². The third kappa shape index (κ3) is 22.4. The van der Waals surface area contributed by atoms with Crippen LogP contribution in [0, 0.1) is 6.92 Å². The Labute approximate surface area is 86.6 Å². The molecule has 0 saturated heterocycles. The molecule has 1 N–H and O–H groups in total. The number of aliphatic hydroxyl groups is 1. The van der Waals surface area contributed by atoms with Crippen molar-refractivity contribution in [2.75, 3.05) is 6.61 Å². The average Bonchev–Trinajstić information content (AvgIpc) is 2.05. The van der Waals surface area contributed by atoms with Crippen molar-refractivity contribution < 1.29 is 9.90 Å². The highest BCUT2D eigenvalue weighted by Crippen LogP contribution is 1.92. The highest BCUT2D eigenvalue weighted by atomic mass is 16.2. The van der Waals surface area contributed by atoms with E-state index in [2.05, 4.69) is 19.1 Å².